The Kier molecular flexibility index (Phi) is 6.79. The van der Waals surface area contributed by atoms with Crippen molar-refractivity contribution in [2.45, 2.75) is 37.5 Å². The highest BCUT2D eigenvalue weighted by atomic mass is 16.5. The zero-order chi connectivity index (χ0) is 23.4. The van der Waals surface area contributed by atoms with Gasteiger partial charge in [-0.25, -0.2) is 4.79 Å². The number of amides is 3. The van der Waals surface area contributed by atoms with Gasteiger partial charge in [0.05, 0.1) is 31.2 Å². The molecule has 2 heterocycles. The summed E-state index contributed by atoms with van der Waals surface area (Å²) in [6.07, 6.45) is 0.880. The molecule has 0 bridgehead atoms. The number of urea groups is 1. The quantitative estimate of drug-likeness (QED) is 0.689. The first-order valence-electron chi connectivity index (χ1n) is 10.8. The molecule has 174 valence electrons. The number of ether oxygens (including phenoxy) is 3. The molecule has 3 amide bonds. The molecule has 2 aromatic rings. The van der Waals surface area contributed by atoms with Crippen LogP contribution in [0.3, 0.4) is 0 Å². The van der Waals surface area contributed by atoms with E-state index in [2.05, 4.69) is 10.6 Å². The predicted molar refractivity (Wildman–Crippen MR) is 121 cm³/mol. The van der Waals surface area contributed by atoms with Crippen LogP contribution in [-0.2, 0) is 14.3 Å². The summed E-state index contributed by atoms with van der Waals surface area (Å²) in [4.78, 5) is 38.9. The molecule has 3 atom stereocenters. The Bertz CT molecular complexity index is 1030. The molecular weight excluding hydrogens is 426 g/mol. The zero-order valence-corrected chi connectivity index (χ0v) is 18.6. The Morgan fingerprint density at radius 2 is 1.85 bits per heavy atom. The lowest BCUT2D eigenvalue weighted by Crippen LogP contribution is -2.53. The molecule has 2 N–H and O–H groups in total. The number of para-hydroxylation sites is 1. The van der Waals surface area contributed by atoms with Crippen molar-refractivity contribution in [2.24, 2.45) is 0 Å². The summed E-state index contributed by atoms with van der Waals surface area (Å²) in [5.74, 6) is -0.129. The number of fused-ring (bicyclic) bond motifs is 2. The van der Waals surface area contributed by atoms with E-state index >= 15 is 0 Å². The van der Waals surface area contributed by atoms with Crippen molar-refractivity contribution in [1.29, 1.82) is 0 Å². The zero-order valence-electron chi connectivity index (χ0n) is 18.6. The number of methoxy groups -OCH3 is 1. The van der Waals surface area contributed by atoms with E-state index in [0.29, 0.717) is 35.5 Å². The third-order valence-corrected chi connectivity index (χ3v) is 5.92. The molecule has 0 saturated carbocycles. The van der Waals surface area contributed by atoms with Crippen molar-refractivity contribution < 1.29 is 28.6 Å². The van der Waals surface area contributed by atoms with E-state index < -0.39 is 6.03 Å². The van der Waals surface area contributed by atoms with Crippen molar-refractivity contribution >= 4 is 29.3 Å². The molecule has 33 heavy (non-hydrogen) atoms. The maximum absolute atomic E-state index is 13.3. The Hall–Kier alpha value is -3.59. The fourth-order valence-electron chi connectivity index (χ4n) is 4.19. The molecule has 0 unspecified atom stereocenters. The second-order valence-electron chi connectivity index (χ2n) is 8.10. The minimum absolute atomic E-state index is 0.175. The Balaban J connectivity index is 1.47. The number of esters is 1. The number of nitrogens with zero attached hydrogens (tertiary/aromatic N) is 1. The van der Waals surface area contributed by atoms with E-state index in [9.17, 15) is 14.4 Å². The molecule has 1 fully saturated rings. The molecule has 0 aromatic heterocycles. The number of rotatable bonds is 4. The average Bonchev–Trinajstić information content (AvgIpc) is 2.82. The van der Waals surface area contributed by atoms with E-state index in [-0.39, 0.29) is 43.2 Å². The molecule has 1 saturated heterocycles. The van der Waals surface area contributed by atoms with Crippen molar-refractivity contribution in [2.75, 3.05) is 31.4 Å². The van der Waals surface area contributed by atoms with Crippen LogP contribution >= 0.6 is 0 Å². The minimum atomic E-state index is -0.411. The van der Waals surface area contributed by atoms with Gasteiger partial charge in [-0.15, -0.1) is 0 Å². The second-order valence-corrected chi connectivity index (χ2v) is 8.10. The van der Waals surface area contributed by atoms with Gasteiger partial charge < -0.3 is 29.7 Å². The van der Waals surface area contributed by atoms with Gasteiger partial charge in [-0.2, -0.15) is 0 Å². The lowest BCUT2D eigenvalue weighted by molar-refractivity contribution is -0.151. The summed E-state index contributed by atoms with van der Waals surface area (Å²) in [6, 6.07) is 13.4. The molecule has 2 aliphatic rings. The van der Waals surface area contributed by atoms with E-state index in [0.717, 1.165) is 0 Å². The number of hydrogen-bond acceptors (Lipinski definition) is 6. The average molecular weight is 453 g/mol. The van der Waals surface area contributed by atoms with Crippen LogP contribution in [0.4, 0.5) is 16.2 Å². The molecule has 0 radical (unpaired) electrons. The first-order valence-corrected chi connectivity index (χ1v) is 10.8. The van der Waals surface area contributed by atoms with Gasteiger partial charge in [-0.3, -0.25) is 9.59 Å². The first-order chi connectivity index (χ1) is 15.9. The maximum atomic E-state index is 13.3. The highest BCUT2D eigenvalue weighted by molar-refractivity contribution is 6.02. The SMILES string of the molecule is COC(=O)C[C@@H]1CC[C@@H]2[C@@H](COc3ccc(NC(=O)Nc4ccccc4)cc3C(=O)N2C)O1. The third kappa shape index (κ3) is 5.25. The molecular formula is C24H27N3O6. The number of hydrogen-bond donors (Lipinski definition) is 2. The summed E-state index contributed by atoms with van der Waals surface area (Å²) < 4.78 is 16.8. The van der Waals surface area contributed by atoms with E-state index in [1.807, 2.05) is 18.2 Å². The van der Waals surface area contributed by atoms with Gasteiger partial charge in [-0.1, -0.05) is 18.2 Å². The van der Waals surface area contributed by atoms with Gasteiger partial charge in [0.1, 0.15) is 18.5 Å². The van der Waals surface area contributed by atoms with E-state index in [1.165, 1.54) is 7.11 Å². The molecule has 0 spiro atoms. The van der Waals surface area contributed by atoms with Crippen molar-refractivity contribution in [3.63, 3.8) is 0 Å². The van der Waals surface area contributed by atoms with Crippen molar-refractivity contribution in [3.8, 4) is 5.75 Å². The Morgan fingerprint density at radius 1 is 1.09 bits per heavy atom. The summed E-state index contributed by atoms with van der Waals surface area (Å²) in [5.41, 5.74) is 1.50. The van der Waals surface area contributed by atoms with Crippen LogP contribution in [0.5, 0.6) is 5.75 Å². The standard InChI is InChI=1S/C24H27N3O6/c1-27-19-10-9-17(13-22(28)31-2)33-21(19)14-32-20-11-8-16(12-18(20)23(27)29)26-24(30)25-15-6-4-3-5-7-15/h3-8,11-12,17,19,21H,9-10,13-14H2,1-2H3,(H2,25,26,30)/t17-,19+,21+/m0/s1. The lowest BCUT2D eigenvalue weighted by atomic mass is 9.94. The minimum Gasteiger partial charge on any atom is -0.490 e. The van der Waals surface area contributed by atoms with E-state index in [1.54, 1.807) is 42.3 Å². The van der Waals surface area contributed by atoms with Gasteiger partial charge in [0.2, 0.25) is 0 Å². The van der Waals surface area contributed by atoms with Crippen molar-refractivity contribution in [1.82, 2.24) is 4.90 Å². The van der Waals surface area contributed by atoms with Gasteiger partial charge >= 0.3 is 12.0 Å². The summed E-state index contributed by atoms with van der Waals surface area (Å²) >= 11 is 0. The number of carbonyl (C=O) groups is 3. The van der Waals surface area contributed by atoms with E-state index in [4.69, 9.17) is 14.2 Å². The number of benzene rings is 2. The van der Waals surface area contributed by atoms with Crippen LogP contribution in [0.15, 0.2) is 48.5 Å². The van der Waals surface area contributed by atoms with Crippen LogP contribution in [0.25, 0.3) is 0 Å². The molecule has 2 aliphatic heterocycles. The van der Waals surface area contributed by atoms with Crippen LogP contribution in [0.1, 0.15) is 29.6 Å². The molecule has 2 aromatic carbocycles. The number of likely N-dealkylation sites (N-methyl/N-ethyl adjacent to an activating group) is 1. The van der Waals surface area contributed by atoms with Crippen LogP contribution in [-0.4, -0.2) is 61.8 Å². The summed E-state index contributed by atoms with van der Waals surface area (Å²) in [6.45, 7) is 0.244. The first kappa shape index (κ1) is 22.6. The molecule has 9 heteroatoms. The fourth-order valence-corrected chi connectivity index (χ4v) is 4.19. The normalized spacial score (nSPS) is 22.1. The number of carbonyl (C=O) groups excluding carboxylic acids is 3. The topological polar surface area (TPSA) is 106 Å². The maximum Gasteiger partial charge on any atom is 0.323 e. The molecule has 4 rings (SSSR count). The summed E-state index contributed by atoms with van der Waals surface area (Å²) in [5, 5.41) is 5.50. The monoisotopic (exact) mass is 453 g/mol. The van der Waals surface area contributed by atoms with Crippen LogP contribution < -0.4 is 15.4 Å². The highest BCUT2D eigenvalue weighted by Crippen LogP contribution is 2.32. The lowest BCUT2D eigenvalue weighted by Gasteiger charge is -2.42. The van der Waals surface area contributed by atoms with Crippen LogP contribution in [0, 0.1) is 0 Å². The van der Waals surface area contributed by atoms with Crippen LogP contribution in [0.2, 0.25) is 0 Å². The van der Waals surface area contributed by atoms with Gasteiger partial charge in [0.15, 0.2) is 0 Å². The smallest absolute Gasteiger partial charge is 0.323 e. The number of nitrogens with one attached hydrogen (secondary N) is 2. The van der Waals surface area contributed by atoms with Crippen molar-refractivity contribution in [3.05, 3.63) is 54.1 Å². The van der Waals surface area contributed by atoms with Gasteiger partial charge in [0.25, 0.3) is 5.91 Å². The predicted octanol–water partition coefficient (Wildman–Crippen LogP) is 3.27. The number of anilines is 2. The third-order valence-electron chi connectivity index (χ3n) is 5.92. The molecule has 0 aliphatic carbocycles. The highest BCUT2D eigenvalue weighted by Gasteiger charge is 2.39. The largest absolute Gasteiger partial charge is 0.490 e. The second kappa shape index (κ2) is 9.91. The Labute approximate surface area is 192 Å². The molecule has 9 nitrogen and oxygen atoms in total. The van der Waals surface area contributed by atoms with Gasteiger partial charge in [-0.05, 0) is 43.2 Å². The van der Waals surface area contributed by atoms with Gasteiger partial charge in [0, 0.05) is 18.4 Å². The fraction of sp³-hybridized carbons (Fsp3) is 0.375. The Morgan fingerprint density at radius 3 is 2.61 bits per heavy atom. The summed E-state index contributed by atoms with van der Waals surface area (Å²) in [7, 11) is 3.09.